The maximum atomic E-state index is 12.6. The number of likely N-dealkylation sites (N-methyl/N-ethyl adjacent to an activating group) is 1. The molecule has 2 aromatic rings. The van der Waals surface area contributed by atoms with Crippen molar-refractivity contribution in [3.63, 3.8) is 0 Å². The van der Waals surface area contributed by atoms with Gasteiger partial charge < -0.3 is 16.4 Å². The highest BCUT2D eigenvalue weighted by molar-refractivity contribution is 7.95. The van der Waals surface area contributed by atoms with Crippen molar-refractivity contribution in [3.8, 4) is 0 Å². The molecule has 0 fully saturated rings. The highest BCUT2D eigenvalue weighted by Gasteiger charge is 2.18. The van der Waals surface area contributed by atoms with Crippen molar-refractivity contribution in [2.24, 2.45) is 0 Å². The molecule has 34 heavy (non-hydrogen) atoms. The van der Waals surface area contributed by atoms with Crippen LogP contribution in [0.5, 0.6) is 0 Å². The number of anilines is 2. The van der Waals surface area contributed by atoms with Crippen molar-refractivity contribution in [3.05, 3.63) is 36.4 Å². The lowest BCUT2D eigenvalue weighted by molar-refractivity contribution is -0.432. The van der Waals surface area contributed by atoms with E-state index in [1.807, 2.05) is 0 Å². The Bertz CT molecular complexity index is 1180. The van der Waals surface area contributed by atoms with Crippen LogP contribution in [0.2, 0.25) is 0 Å². The van der Waals surface area contributed by atoms with Crippen molar-refractivity contribution in [2.45, 2.75) is 19.6 Å². The first-order valence-corrected chi connectivity index (χ1v) is 13.8. The summed E-state index contributed by atoms with van der Waals surface area (Å²) >= 11 is 1.28. The molecule has 13 nitrogen and oxygen atoms in total. The summed E-state index contributed by atoms with van der Waals surface area (Å²) in [5, 5.41) is 11.7. The van der Waals surface area contributed by atoms with Gasteiger partial charge in [0.05, 0.1) is 51.9 Å². The van der Waals surface area contributed by atoms with E-state index in [1.54, 1.807) is 11.9 Å². The second-order valence-corrected chi connectivity index (χ2v) is 11.7. The normalized spacial score (nSPS) is 12.4. The second-order valence-electron chi connectivity index (χ2n) is 6.70. The largest absolute Gasteiger partial charge is 0.398 e. The Morgan fingerprint density at radius 1 is 0.971 bits per heavy atom. The van der Waals surface area contributed by atoms with Crippen LogP contribution in [0.25, 0.3) is 0 Å². The molecule has 2 rings (SSSR count). The first-order valence-electron chi connectivity index (χ1n) is 9.23. The van der Waals surface area contributed by atoms with Gasteiger partial charge in [-0.2, -0.15) is 12.8 Å². The fourth-order valence-electron chi connectivity index (χ4n) is 2.42. The average molecular weight is 558 g/mol. The molecule has 2 aromatic carbocycles. The fourth-order valence-corrected chi connectivity index (χ4v) is 5.50. The van der Waals surface area contributed by atoms with Crippen LogP contribution >= 0.6 is 24.1 Å². The monoisotopic (exact) mass is 557 g/mol. The Morgan fingerprint density at radius 3 is 2.35 bits per heavy atom. The van der Waals surface area contributed by atoms with Crippen LogP contribution < -0.4 is 11.5 Å². The van der Waals surface area contributed by atoms with Gasteiger partial charge in [-0.15, -0.1) is 4.33 Å². The Labute approximate surface area is 205 Å². The van der Waals surface area contributed by atoms with E-state index >= 15 is 0 Å². The van der Waals surface area contributed by atoms with Crippen LogP contribution in [-0.4, -0.2) is 64.0 Å². The van der Waals surface area contributed by atoms with Crippen LogP contribution in [0.1, 0.15) is 0 Å². The van der Waals surface area contributed by atoms with Gasteiger partial charge in [-0.25, -0.2) is 18.6 Å². The highest BCUT2D eigenvalue weighted by atomic mass is 32.2. The van der Waals surface area contributed by atoms with E-state index in [2.05, 4.69) is 9.37 Å². The third kappa shape index (κ3) is 8.86. The Balaban J connectivity index is 1.78. The summed E-state index contributed by atoms with van der Waals surface area (Å²) in [5.74, 6) is -0.186. The minimum atomic E-state index is -4.47. The van der Waals surface area contributed by atoms with Crippen LogP contribution in [-0.2, 0) is 38.5 Å². The Hall–Kier alpha value is -1.64. The van der Waals surface area contributed by atoms with Crippen molar-refractivity contribution in [2.75, 3.05) is 44.0 Å². The maximum Gasteiger partial charge on any atom is 0.296 e. The van der Waals surface area contributed by atoms with Gasteiger partial charge in [0.25, 0.3) is 10.1 Å². The van der Waals surface area contributed by atoms with Gasteiger partial charge in [0.2, 0.25) is 0 Å². The lowest BCUT2D eigenvalue weighted by atomic mass is 10.3. The number of hydrogen-bond acceptors (Lipinski definition) is 14. The summed E-state index contributed by atoms with van der Waals surface area (Å²) in [7, 11) is -6.41. The summed E-state index contributed by atoms with van der Waals surface area (Å²) in [5.41, 5.74) is 11.4. The second kappa shape index (κ2) is 12.9. The van der Waals surface area contributed by atoms with Crippen molar-refractivity contribution < 1.29 is 45.2 Å². The molecular formula is C17H23N3O10S4. The van der Waals surface area contributed by atoms with Crippen LogP contribution in [0, 0.1) is 0 Å². The summed E-state index contributed by atoms with van der Waals surface area (Å²) in [6.07, 6.45) is 0. The highest BCUT2D eigenvalue weighted by Crippen LogP contribution is 2.29. The molecule has 0 spiro atoms. The molecule has 0 aromatic heterocycles. The summed E-state index contributed by atoms with van der Waals surface area (Å²) in [4.78, 5) is 6.90. The molecule has 0 bridgehead atoms. The number of benzene rings is 2. The van der Waals surface area contributed by atoms with Gasteiger partial charge in [-0.3, -0.25) is 4.55 Å². The van der Waals surface area contributed by atoms with Crippen molar-refractivity contribution in [1.29, 1.82) is 0 Å². The summed E-state index contributed by atoms with van der Waals surface area (Å²) < 4.78 is 66.1. The van der Waals surface area contributed by atoms with E-state index in [4.69, 9.17) is 30.5 Å². The molecule has 190 valence electrons. The van der Waals surface area contributed by atoms with E-state index in [0.29, 0.717) is 23.5 Å². The number of rotatable bonds is 14. The van der Waals surface area contributed by atoms with Crippen LogP contribution in [0.3, 0.4) is 0 Å². The number of nitrogens with zero attached hydrogens (tertiary/aromatic N) is 1. The van der Waals surface area contributed by atoms with Gasteiger partial charge in [0.15, 0.2) is 9.84 Å². The van der Waals surface area contributed by atoms with E-state index in [1.165, 1.54) is 30.3 Å². The van der Waals surface area contributed by atoms with E-state index < -0.39 is 24.9 Å². The summed E-state index contributed by atoms with van der Waals surface area (Å²) in [6, 6.07) is 8.01. The maximum absolute atomic E-state index is 12.6. The van der Waals surface area contributed by atoms with Crippen molar-refractivity contribution in [1.82, 2.24) is 4.90 Å². The molecule has 0 saturated heterocycles. The number of nitrogen functional groups attached to an aromatic ring is 2. The van der Waals surface area contributed by atoms with Gasteiger partial charge in [0.1, 0.15) is 4.90 Å². The molecule has 0 radical (unpaired) electrons. The fraction of sp³-hybridized carbons (Fsp3) is 0.294. The number of hydrogen-bond donors (Lipinski definition) is 4. The molecular weight excluding hydrogens is 534 g/mol. The molecule has 0 aliphatic rings. The van der Waals surface area contributed by atoms with Gasteiger partial charge >= 0.3 is 0 Å². The van der Waals surface area contributed by atoms with Gasteiger partial charge in [0, 0.05) is 23.7 Å². The molecule has 0 amide bonds. The first kappa shape index (κ1) is 28.6. The molecule has 0 aliphatic heterocycles. The SMILES string of the molecule is CN(CCOOSc1ccc(N)c(S(=O)(=O)O)c1)CCS(=O)(=O)c1ccc(N)c(SOOO)c1. The lowest BCUT2D eigenvalue weighted by Crippen LogP contribution is -2.28. The minimum absolute atomic E-state index is 0.0304. The lowest BCUT2D eigenvalue weighted by Gasteiger charge is -2.16. The Morgan fingerprint density at radius 2 is 1.68 bits per heavy atom. The third-order valence-electron chi connectivity index (χ3n) is 4.24. The molecule has 0 atom stereocenters. The molecule has 0 unspecified atom stereocenters. The van der Waals surface area contributed by atoms with Gasteiger partial charge in [-0.1, -0.05) is 5.04 Å². The topological polar surface area (TPSA) is 201 Å². The zero-order valence-corrected chi connectivity index (χ0v) is 21.0. The van der Waals surface area contributed by atoms with Crippen molar-refractivity contribution >= 4 is 55.4 Å². The smallest absolute Gasteiger partial charge is 0.296 e. The van der Waals surface area contributed by atoms with Crippen LogP contribution in [0.4, 0.5) is 11.4 Å². The predicted molar refractivity (Wildman–Crippen MR) is 125 cm³/mol. The van der Waals surface area contributed by atoms with E-state index in [9.17, 15) is 16.8 Å². The number of nitrogens with two attached hydrogens (primary N) is 2. The van der Waals surface area contributed by atoms with Gasteiger partial charge in [-0.05, 0) is 43.4 Å². The zero-order chi connectivity index (χ0) is 25.4. The first-order chi connectivity index (χ1) is 15.9. The number of sulfone groups is 1. The molecule has 0 aliphatic carbocycles. The molecule has 0 heterocycles. The molecule has 0 saturated carbocycles. The predicted octanol–water partition coefficient (Wildman–Crippen LogP) is 1.89. The zero-order valence-electron chi connectivity index (χ0n) is 17.7. The third-order valence-corrected chi connectivity index (χ3v) is 8.11. The Kier molecular flexibility index (Phi) is 10.8. The standard InChI is InChI=1S/C17H23N3O10S4/c1-20(6-8-27-29-31-12-2-4-15(19)17(10-12)34(24,25)26)7-9-33(22,23)13-3-5-14(18)16(11-13)32-30-28-21/h2-5,10-11,21H,6-9,18-19H2,1H3,(H,24,25,26). The average Bonchev–Trinajstić information content (AvgIpc) is 2.77. The van der Waals surface area contributed by atoms with Crippen LogP contribution in [0.15, 0.2) is 56.0 Å². The summed E-state index contributed by atoms with van der Waals surface area (Å²) in [6.45, 7) is 0.612. The molecule has 6 N–H and O–H groups in total. The van der Waals surface area contributed by atoms with E-state index in [-0.39, 0.29) is 40.1 Å². The molecule has 17 heteroatoms. The van der Waals surface area contributed by atoms with E-state index in [0.717, 1.165) is 18.1 Å². The quantitative estimate of drug-likeness (QED) is 0.0654. The minimum Gasteiger partial charge on any atom is -0.398 e.